The first-order valence-electron chi connectivity index (χ1n) is 3.24. The number of rotatable bonds is 3. The number of nitrogens with one attached hydrogen (secondary N) is 1. The first-order chi connectivity index (χ1) is 4.66. The molecule has 0 aliphatic rings. The topological polar surface area (TPSA) is 48.6 Å². The highest BCUT2D eigenvalue weighted by molar-refractivity contribution is 5.60. The Morgan fingerprint density at radius 1 is 1.50 bits per heavy atom. The fourth-order valence-electron chi connectivity index (χ4n) is 0.393. The average molecular weight is 139 g/mol. The van der Waals surface area contributed by atoms with Gasteiger partial charge >= 0.3 is 0 Å². The minimum atomic E-state index is 0.453. The number of nitrogens with zero attached hydrogens (tertiary/aromatic N) is 2. The van der Waals surface area contributed by atoms with Crippen LogP contribution in [0.3, 0.4) is 0 Å². The van der Waals surface area contributed by atoms with E-state index in [4.69, 9.17) is 5.53 Å². The van der Waals surface area contributed by atoms with Gasteiger partial charge in [-0.25, -0.2) is 5.53 Å². The van der Waals surface area contributed by atoms with Crippen molar-refractivity contribution < 1.29 is 0 Å². The highest BCUT2D eigenvalue weighted by Crippen LogP contribution is 1.95. The van der Waals surface area contributed by atoms with Crippen LogP contribution >= 0.6 is 0 Å². The lowest BCUT2D eigenvalue weighted by molar-refractivity contribution is 0.903. The highest BCUT2D eigenvalue weighted by Gasteiger charge is 1.84. The van der Waals surface area contributed by atoms with Gasteiger partial charge in [-0.05, 0) is 12.8 Å². The normalized spacial score (nSPS) is 13.0. The van der Waals surface area contributed by atoms with Crippen LogP contribution in [0.15, 0.2) is 22.0 Å². The van der Waals surface area contributed by atoms with E-state index >= 15 is 0 Å². The molecule has 0 spiro atoms. The van der Waals surface area contributed by atoms with Crippen molar-refractivity contribution >= 4 is 6.21 Å². The van der Waals surface area contributed by atoms with Crippen molar-refractivity contribution in [2.24, 2.45) is 16.0 Å². The molecule has 0 aromatic rings. The molecule has 0 amide bonds. The van der Waals surface area contributed by atoms with E-state index in [2.05, 4.69) is 24.0 Å². The fraction of sp³-hybridized carbons (Fsp3) is 0.571. The Hall–Kier alpha value is -0.990. The second-order valence-electron chi connectivity index (χ2n) is 2.42. The van der Waals surface area contributed by atoms with Crippen molar-refractivity contribution in [1.82, 2.24) is 0 Å². The Labute approximate surface area is 61.4 Å². The van der Waals surface area contributed by atoms with Crippen molar-refractivity contribution in [3.05, 3.63) is 11.9 Å². The Morgan fingerprint density at radius 3 is 2.50 bits per heavy atom. The average Bonchev–Trinajstić information content (AvgIpc) is 1.85. The Bertz CT molecular complexity index is 156. The largest absolute Gasteiger partial charge is 0.264 e. The summed E-state index contributed by atoms with van der Waals surface area (Å²) in [5.41, 5.74) is 7.26. The third-order valence-electron chi connectivity index (χ3n) is 0.828. The number of aliphatic imine (C=N–C) groups is 1. The van der Waals surface area contributed by atoms with Crippen LogP contribution in [0.5, 0.6) is 0 Å². The lowest BCUT2D eigenvalue weighted by Gasteiger charge is -1.91. The molecule has 0 radical (unpaired) electrons. The Morgan fingerprint density at radius 2 is 2.10 bits per heavy atom. The molecule has 0 bridgehead atoms. The lowest BCUT2D eigenvalue weighted by Crippen LogP contribution is -1.86. The quantitative estimate of drug-likeness (QED) is 0.461. The van der Waals surface area contributed by atoms with Crippen molar-refractivity contribution in [1.29, 1.82) is 5.53 Å². The van der Waals surface area contributed by atoms with Gasteiger partial charge in [0.25, 0.3) is 0 Å². The second-order valence-corrected chi connectivity index (χ2v) is 2.42. The van der Waals surface area contributed by atoms with Crippen molar-refractivity contribution in [2.45, 2.75) is 20.8 Å². The van der Waals surface area contributed by atoms with Crippen molar-refractivity contribution in [2.75, 3.05) is 0 Å². The molecule has 0 saturated carbocycles. The van der Waals surface area contributed by atoms with Gasteiger partial charge in [0, 0.05) is 6.21 Å². The van der Waals surface area contributed by atoms with Gasteiger partial charge in [0.15, 0.2) is 0 Å². The molecule has 56 valence electrons. The van der Waals surface area contributed by atoms with E-state index in [1.807, 2.05) is 13.1 Å². The molecule has 0 unspecified atom stereocenters. The molecule has 3 nitrogen and oxygen atoms in total. The van der Waals surface area contributed by atoms with Gasteiger partial charge in [-0.15, -0.1) is 0 Å². The summed E-state index contributed by atoms with van der Waals surface area (Å²) in [6.45, 7) is 5.92. The van der Waals surface area contributed by atoms with Gasteiger partial charge < -0.3 is 0 Å². The summed E-state index contributed by atoms with van der Waals surface area (Å²) in [5.74, 6) is 0.453. The molecule has 0 fully saturated rings. The van der Waals surface area contributed by atoms with Crippen LogP contribution in [0.1, 0.15) is 20.8 Å². The monoisotopic (exact) mass is 139 g/mol. The van der Waals surface area contributed by atoms with Crippen molar-refractivity contribution in [3.63, 3.8) is 0 Å². The summed E-state index contributed by atoms with van der Waals surface area (Å²) in [4.78, 5) is 4.04. The maximum absolute atomic E-state index is 6.49. The fourth-order valence-corrected chi connectivity index (χ4v) is 0.393. The molecule has 1 N–H and O–H groups in total. The maximum atomic E-state index is 6.49. The summed E-state index contributed by atoms with van der Waals surface area (Å²) in [6.07, 6.45) is 3.25. The van der Waals surface area contributed by atoms with E-state index in [0.717, 1.165) is 5.70 Å². The summed E-state index contributed by atoms with van der Waals surface area (Å²) < 4.78 is 0. The Balaban J connectivity index is 3.88. The molecule has 0 rings (SSSR count). The van der Waals surface area contributed by atoms with Gasteiger partial charge in [-0.2, -0.15) is 5.11 Å². The van der Waals surface area contributed by atoms with Crippen molar-refractivity contribution in [3.8, 4) is 0 Å². The van der Waals surface area contributed by atoms with Gasteiger partial charge in [-0.3, -0.25) is 4.99 Å². The van der Waals surface area contributed by atoms with Crippen LogP contribution in [-0.2, 0) is 0 Å². The molecule has 0 saturated heterocycles. The van der Waals surface area contributed by atoms with Crippen LogP contribution in [0.25, 0.3) is 0 Å². The van der Waals surface area contributed by atoms with Crippen LogP contribution < -0.4 is 0 Å². The summed E-state index contributed by atoms with van der Waals surface area (Å²) in [6, 6.07) is 0. The minimum Gasteiger partial charge on any atom is -0.264 e. The number of allylic oxidation sites excluding steroid dienone is 1. The van der Waals surface area contributed by atoms with Gasteiger partial charge in [0.05, 0.1) is 11.9 Å². The smallest absolute Gasteiger partial charge is 0.0700 e. The van der Waals surface area contributed by atoms with Crippen LogP contribution in [-0.4, -0.2) is 6.21 Å². The van der Waals surface area contributed by atoms with Gasteiger partial charge in [0.2, 0.25) is 0 Å². The van der Waals surface area contributed by atoms with E-state index in [1.165, 1.54) is 6.20 Å². The third-order valence-corrected chi connectivity index (χ3v) is 0.828. The molecule has 0 aromatic carbocycles. The molecule has 0 aliphatic carbocycles. The summed E-state index contributed by atoms with van der Waals surface area (Å²) >= 11 is 0. The van der Waals surface area contributed by atoms with E-state index in [0.29, 0.717) is 5.92 Å². The first kappa shape index (κ1) is 9.01. The zero-order chi connectivity index (χ0) is 7.98. The molecule has 10 heavy (non-hydrogen) atoms. The number of hydrogen-bond acceptors (Lipinski definition) is 3. The SMILES string of the molecule is C/C(=C/N=N)N=CC(C)C. The second kappa shape index (κ2) is 4.85. The number of hydrogen-bond donors (Lipinski definition) is 1. The molecule has 0 atom stereocenters. The standard InChI is InChI=1S/C7H13N3/c1-6(2)4-9-7(3)5-10-8/h4-6,8H,1-3H3/b7-5-,9-4?,10-8?. The van der Waals surface area contributed by atoms with Gasteiger partial charge in [0.1, 0.15) is 0 Å². The van der Waals surface area contributed by atoms with E-state index in [9.17, 15) is 0 Å². The zero-order valence-corrected chi connectivity index (χ0v) is 6.63. The molecule has 0 heterocycles. The summed E-state index contributed by atoms with van der Waals surface area (Å²) in [7, 11) is 0. The Kier molecular flexibility index (Phi) is 4.37. The van der Waals surface area contributed by atoms with E-state index < -0.39 is 0 Å². The van der Waals surface area contributed by atoms with Crippen LogP contribution in [0.4, 0.5) is 0 Å². The zero-order valence-electron chi connectivity index (χ0n) is 6.63. The molecule has 0 aromatic heterocycles. The van der Waals surface area contributed by atoms with E-state index in [-0.39, 0.29) is 0 Å². The van der Waals surface area contributed by atoms with Gasteiger partial charge in [-0.1, -0.05) is 13.8 Å². The molecular formula is C7H13N3. The summed E-state index contributed by atoms with van der Waals surface area (Å²) in [5, 5.41) is 3.09. The van der Waals surface area contributed by atoms with E-state index in [1.54, 1.807) is 0 Å². The lowest BCUT2D eigenvalue weighted by atomic mass is 10.2. The third kappa shape index (κ3) is 5.15. The molecule has 0 aliphatic heterocycles. The predicted octanol–water partition coefficient (Wildman–Crippen LogP) is 2.61. The first-order valence-corrected chi connectivity index (χ1v) is 3.24. The minimum absolute atomic E-state index is 0.453. The van der Waals surface area contributed by atoms with Crippen LogP contribution in [0.2, 0.25) is 0 Å². The predicted molar refractivity (Wildman–Crippen MR) is 42.2 cm³/mol. The molecular weight excluding hydrogens is 126 g/mol. The molecule has 3 heteroatoms. The van der Waals surface area contributed by atoms with Crippen LogP contribution in [0, 0.1) is 11.4 Å². The maximum Gasteiger partial charge on any atom is 0.0700 e. The highest BCUT2D eigenvalue weighted by atomic mass is 14.9.